The average Bonchev–Trinajstić information content (AvgIpc) is 2.29. The maximum Gasteiger partial charge on any atom is -0.0112 e. The molecule has 0 spiro atoms. The summed E-state index contributed by atoms with van der Waals surface area (Å²) in [6.07, 6.45) is 4.17. The van der Waals surface area contributed by atoms with Gasteiger partial charge >= 0.3 is 0 Å². The molecule has 19 heavy (non-hydrogen) atoms. The highest BCUT2D eigenvalue weighted by molar-refractivity contribution is 5.94. The molecule has 0 atom stereocenters. The standard InChI is InChI=1S/C19H24/c1-11-9-13(3)17-10-12(2)14(4)18(16-7-6-8-16)19(17)15(11)5/h9-10,16H,6-8H2,1-5H3. The Balaban J connectivity index is 2.46. The predicted molar refractivity (Wildman–Crippen MR) is 84.2 cm³/mol. The lowest BCUT2D eigenvalue weighted by molar-refractivity contribution is 0.420. The molecule has 1 aliphatic rings. The molecule has 0 unspecified atom stereocenters. The van der Waals surface area contributed by atoms with E-state index in [0.29, 0.717) is 0 Å². The first-order valence-electron chi connectivity index (χ1n) is 7.51. The third kappa shape index (κ3) is 1.81. The minimum Gasteiger partial charge on any atom is -0.0555 e. The molecule has 1 aliphatic carbocycles. The molecule has 1 saturated carbocycles. The molecule has 0 heterocycles. The Morgan fingerprint density at radius 3 is 2.00 bits per heavy atom. The maximum atomic E-state index is 2.40. The van der Waals surface area contributed by atoms with Gasteiger partial charge in [-0.1, -0.05) is 18.6 Å². The van der Waals surface area contributed by atoms with Gasteiger partial charge in [0.15, 0.2) is 0 Å². The van der Waals surface area contributed by atoms with Crippen molar-refractivity contribution in [1.29, 1.82) is 0 Å². The monoisotopic (exact) mass is 252 g/mol. The molecule has 100 valence electrons. The fraction of sp³-hybridized carbons (Fsp3) is 0.474. The van der Waals surface area contributed by atoms with Gasteiger partial charge in [-0.05, 0) is 97.5 Å². The zero-order valence-electron chi connectivity index (χ0n) is 12.9. The lowest BCUT2D eigenvalue weighted by atomic mass is 9.74. The van der Waals surface area contributed by atoms with Gasteiger partial charge in [-0.25, -0.2) is 0 Å². The van der Waals surface area contributed by atoms with E-state index in [1.54, 1.807) is 10.9 Å². The van der Waals surface area contributed by atoms with Crippen molar-refractivity contribution < 1.29 is 0 Å². The van der Waals surface area contributed by atoms with Crippen molar-refractivity contribution >= 4 is 10.8 Å². The van der Waals surface area contributed by atoms with Gasteiger partial charge in [-0.3, -0.25) is 0 Å². The summed E-state index contributed by atoms with van der Waals surface area (Å²) in [5, 5.41) is 3.04. The second-order valence-corrected chi connectivity index (χ2v) is 6.42. The van der Waals surface area contributed by atoms with Crippen molar-refractivity contribution in [2.75, 3.05) is 0 Å². The van der Waals surface area contributed by atoms with E-state index in [-0.39, 0.29) is 0 Å². The molecule has 1 fully saturated rings. The van der Waals surface area contributed by atoms with E-state index in [2.05, 4.69) is 46.8 Å². The van der Waals surface area contributed by atoms with E-state index in [1.165, 1.54) is 52.5 Å². The van der Waals surface area contributed by atoms with Gasteiger partial charge in [-0.2, -0.15) is 0 Å². The van der Waals surface area contributed by atoms with Crippen molar-refractivity contribution in [2.45, 2.75) is 59.8 Å². The van der Waals surface area contributed by atoms with Gasteiger partial charge in [0, 0.05) is 0 Å². The molecule has 0 aromatic heterocycles. The van der Waals surface area contributed by atoms with Crippen LogP contribution in [0.1, 0.15) is 58.6 Å². The van der Waals surface area contributed by atoms with E-state index in [0.717, 1.165) is 5.92 Å². The lowest BCUT2D eigenvalue weighted by Gasteiger charge is -2.31. The smallest absolute Gasteiger partial charge is 0.0112 e. The van der Waals surface area contributed by atoms with Crippen LogP contribution in [0.4, 0.5) is 0 Å². The Labute approximate surface area is 116 Å². The van der Waals surface area contributed by atoms with Crippen LogP contribution in [0, 0.1) is 34.6 Å². The molecule has 0 saturated heterocycles. The summed E-state index contributed by atoms with van der Waals surface area (Å²) in [6, 6.07) is 4.74. The Hall–Kier alpha value is -1.30. The summed E-state index contributed by atoms with van der Waals surface area (Å²) < 4.78 is 0. The van der Waals surface area contributed by atoms with Crippen molar-refractivity contribution in [3.8, 4) is 0 Å². The van der Waals surface area contributed by atoms with E-state index < -0.39 is 0 Å². The number of hydrogen-bond acceptors (Lipinski definition) is 0. The topological polar surface area (TPSA) is 0 Å². The second kappa shape index (κ2) is 4.37. The van der Waals surface area contributed by atoms with Crippen LogP contribution in [0.3, 0.4) is 0 Å². The molecule has 2 aromatic carbocycles. The SMILES string of the molecule is Cc1cc2c(C)cc(C)c(C)c2c(C2CCC2)c1C. The summed E-state index contributed by atoms with van der Waals surface area (Å²) in [7, 11) is 0. The van der Waals surface area contributed by atoms with Gasteiger partial charge in [0.1, 0.15) is 0 Å². The van der Waals surface area contributed by atoms with Crippen molar-refractivity contribution in [3.63, 3.8) is 0 Å². The fourth-order valence-corrected chi connectivity index (χ4v) is 3.57. The minimum atomic E-state index is 0.808. The fourth-order valence-electron chi connectivity index (χ4n) is 3.57. The third-order valence-corrected chi connectivity index (χ3v) is 5.23. The number of benzene rings is 2. The normalized spacial score (nSPS) is 15.8. The summed E-state index contributed by atoms with van der Waals surface area (Å²) >= 11 is 0. The molecule has 0 radical (unpaired) electrons. The van der Waals surface area contributed by atoms with Crippen LogP contribution in [-0.2, 0) is 0 Å². The van der Waals surface area contributed by atoms with Gasteiger partial charge in [0.25, 0.3) is 0 Å². The van der Waals surface area contributed by atoms with Gasteiger partial charge in [0.2, 0.25) is 0 Å². The molecule has 0 nitrogen and oxygen atoms in total. The van der Waals surface area contributed by atoms with Crippen molar-refractivity contribution in [1.82, 2.24) is 0 Å². The highest BCUT2D eigenvalue weighted by Gasteiger charge is 2.25. The van der Waals surface area contributed by atoms with Crippen LogP contribution in [-0.4, -0.2) is 0 Å². The van der Waals surface area contributed by atoms with Crippen molar-refractivity contribution in [3.05, 3.63) is 45.5 Å². The molecular weight excluding hydrogens is 228 g/mol. The molecule has 0 bridgehead atoms. The maximum absolute atomic E-state index is 2.40. The van der Waals surface area contributed by atoms with Crippen LogP contribution in [0.15, 0.2) is 12.1 Å². The highest BCUT2D eigenvalue weighted by Crippen LogP contribution is 2.44. The predicted octanol–water partition coefficient (Wildman–Crippen LogP) is 5.65. The largest absolute Gasteiger partial charge is 0.0555 e. The second-order valence-electron chi connectivity index (χ2n) is 6.42. The lowest BCUT2D eigenvalue weighted by Crippen LogP contribution is -2.12. The summed E-state index contributed by atoms with van der Waals surface area (Å²) in [5.74, 6) is 0.808. The Morgan fingerprint density at radius 2 is 1.42 bits per heavy atom. The van der Waals surface area contributed by atoms with Gasteiger partial charge < -0.3 is 0 Å². The minimum absolute atomic E-state index is 0.808. The molecule has 3 rings (SSSR count). The van der Waals surface area contributed by atoms with Crippen LogP contribution < -0.4 is 0 Å². The number of rotatable bonds is 1. The number of hydrogen-bond donors (Lipinski definition) is 0. The first-order chi connectivity index (χ1) is 9.00. The third-order valence-electron chi connectivity index (χ3n) is 5.23. The van der Waals surface area contributed by atoms with Gasteiger partial charge in [-0.15, -0.1) is 0 Å². The van der Waals surface area contributed by atoms with Crippen LogP contribution in [0.2, 0.25) is 0 Å². The van der Waals surface area contributed by atoms with E-state index in [9.17, 15) is 0 Å². The molecule has 2 aromatic rings. The Morgan fingerprint density at radius 1 is 0.789 bits per heavy atom. The average molecular weight is 252 g/mol. The highest BCUT2D eigenvalue weighted by atomic mass is 14.3. The molecule has 0 amide bonds. The van der Waals surface area contributed by atoms with Crippen LogP contribution >= 0.6 is 0 Å². The van der Waals surface area contributed by atoms with Crippen LogP contribution in [0.25, 0.3) is 10.8 Å². The van der Waals surface area contributed by atoms with E-state index in [1.807, 2.05) is 0 Å². The van der Waals surface area contributed by atoms with Gasteiger partial charge in [0.05, 0.1) is 0 Å². The Kier molecular flexibility index (Phi) is 2.92. The zero-order chi connectivity index (χ0) is 13.7. The summed E-state index contributed by atoms with van der Waals surface area (Å²) in [6.45, 7) is 11.4. The Bertz CT molecular complexity index is 658. The van der Waals surface area contributed by atoms with Crippen LogP contribution in [0.5, 0.6) is 0 Å². The van der Waals surface area contributed by atoms with Crippen molar-refractivity contribution in [2.24, 2.45) is 0 Å². The number of fused-ring (bicyclic) bond motifs is 1. The molecule has 0 aliphatic heterocycles. The molecule has 0 N–H and O–H groups in total. The first kappa shape index (κ1) is 12.7. The summed E-state index contributed by atoms with van der Waals surface area (Å²) in [5.41, 5.74) is 9.01. The molecular formula is C19H24. The first-order valence-corrected chi connectivity index (χ1v) is 7.51. The zero-order valence-corrected chi connectivity index (χ0v) is 12.9. The summed E-state index contributed by atoms with van der Waals surface area (Å²) in [4.78, 5) is 0. The molecule has 0 heteroatoms. The quantitative estimate of drug-likeness (QED) is 0.615. The number of aryl methyl sites for hydroxylation is 4. The van der Waals surface area contributed by atoms with E-state index in [4.69, 9.17) is 0 Å². The van der Waals surface area contributed by atoms with E-state index >= 15 is 0 Å².